The molecule has 0 amide bonds. The topological polar surface area (TPSA) is 39.1 Å². The maximum absolute atomic E-state index is 5.67. The second-order valence-electron chi connectivity index (χ2n) is 5.88. The summed E-state index contributed by atoms with van der Waals surface area (Å²) in [5.41, 5.74) is 2.05. The third-order valence-electron chi connectivity index (χ3n) is 4.25. The number of methoxy groups -OCH3 is 1. The Morgan fingerprint density at radius 2 is 2.00 bits per heavy atom. The number of aryl methyl sites for hydroxylation is 1. The second-order valence-corrected chi connectivity index (χ2v) is 5.88. The highest BCUT2D eigenvalue weighted by Crippen LogP contribution is 2.21. The number of nitrogens with zero attached hydrogens (tertiary/aromatic N) is 2. The number of para-hydroxylation sites is 2. The van der Waals surface area contributed by atoms with Gasteiger partial charge in [-0.1, -0.05) is 19.1 Å². The van der Waals surface area contributed by atoms with Crippen molar-refractivity contribution in [3.8, 4) is 0 Å². The minimum absolute atomic E-state index is 0.229. The van der Waals surface area contributed by atoms with Crippen LogP contribution >= 0.6 is 0 Å². The lowest BCUT2D eigenvalue weighted by Gasteiger charge is -2.33. The van der Waals surface area contributed by atoms with Crippen molar-refractivity contribution in [2.45, 2.75) is 52.3 Å². The molecule has 1 atom stereocenters. The van der Waals surface area contributed by atoms with Crippen LogP contribution in [0.5, 0.6) is 0 Å². The molecule has 21 heavy (non-hydrogen) atoms. The molecule has 4 heteroatoms. The minimum Gasteiger partial charge on any atom is -0.377 e. The summed E-state index contributed by atoms with van der Waals surface area (Å²) in [4.78, 5) is 4.82. The molecule has 1 aromatic carbocycles. The highest BCUT2D eigenvalue weighted by Gasteiger charge is 2.30. The minimum atomic E-state index is -0.229. The van der Waals surface area contributed by atoms with E-state index in [0.29, 0.717) is 0 Å². The van der Waals surface area contributed by atoms with Crippen LogP contribution in [0.2, 0.25) is 0 Å². The number of benzene rings is 1. The van der Waals surface area contributed by atoms with Gasteiger partial charge in [0.1, 0.15) is 5.82 Å². The summed E-state index contributed by atoms with van der Waals surface area (Å²) in [6.45, 7) is 10.4. The molecule has 116 valence electrons. The van der Waals surface area contributed by atoms with Crippen molar-refractivity contribution in [3.63, 3.8) is 0 Å². The Morgan fingerprint density at radius 3 is 2.62 bits per heavy atom. The van der Waals surface area contributed by atoms with Gasteiger partial charge in [0.05, 0.1) is 16.6 Å². The zero-order valence-corrected chi connectivity index (χ0v) is 13.8. The lowest BCUT2D eigenvalue weighted by atomic mass is 9.95. The molecule has 0 saturated carbocycles. The highest BCUT2D eigenvalue weighted by molar-refractivity contribution is 5.75. The van der Waals surface area contributed by atoms with Gasteiger partial charge < -0.3 is 14.6 Å². The first-order valence-electron chi connectivity index (χ1n) is 7.76. The van der Waals surface area contributed by atoms with Gasteiger partial charge in [-0.15, -0.1) is 0 Å². The monoisotopic (exact) mass is 289 g/mol. The van der Waals surface area contributed by atoms with E-state index < -0.39 is 0 Å². The molecule has 4 nitrogen and oxygen atoms in total. The van der Waals surface area contributed by atoms with E-state index in [1.807, 2.05) is 6.07 Å². The summed E-state index contributed by atoms with van der Waals surface area (Å²) >= 11 is 0. The van der Waals surface area contributed by atoms with E-state index in [-0.39, 0.29) is 11.6 Å². The largest absolute Gasteiger partial charge is 0.377 e. The Bertz CT molecular complexity index is 589. The molecule has 2 aromatic rings. The fourth-order valence-electron chi connectivity index (χ4n) is 2.77. The molecule has 1 N–H and O–H groups in total. The maximum Gasteiger partial charge on any atom is 0.111 e. The number of nitrogens with one attached hydrogen (secondary N) is 1. The van der Waals surface area contributed by atoms with E-state index in [1.54, 1.807) is 7.11 Å². The van der Waals surface area contributed by atoms with E-state index >= 15 is 0 Å². The molecule has 0 radical (unpaired) electrons. The molecular weight excluding hydrogens is 262 g/mol. The van der Waals surface area contributed by atoms with Gasteiger partial charge in [0.2, 0.25) is 0 Å². The van der Waals surface area contributed by atoms with Gasteiger partial charge in [0, 0.05) is 26.1 Å². The second kappa shape index (κ2) is 6.58. The zero-order chi connectivity index (χ0) is 15.5. The van der Waals surface area contributed by atoms with Crippen molar-refractivity contribution < 1.29 is 4.74 Å². The summed E-state index contributed by atoms with van der Waals surface area (Å²) in [5, 5.41) is 3.54. The van der Waals surface area contributed by atoms with Gasteiger partial charge in [0.15, 0.2) is 0 Å². The van der Waals surface area contributed by atoms with Gasteiger partial charge in [-0.3, -0.25) is 0 Å². The molecule has 0 spiro atoms. The third-order valence-corrected chi connectivity index (χ3v) is 4.25. The average Bonchev–Trinajstić information content (AvgIpc) is 2.84. The number of fused-ring (bicyclic) bond motifs is 1. The molecule has 0 saturated heterocycles. The predicted molar refractivity (Wildman–Crippen MR) is 87.7 cm³/mol. The summed E-state index contributed by atoms with van der Waals surface area (Å²) in [6, 6.07) is 8.56. The fourth-order valence-corrected chi connectivity index (χ4v) is 2.77. The molecule has 0 fully saturated rings. The van der Waals surface area contributed by atoms with Crippen LogP contribution in [0.25, 0.3) is 11.0 Å². The summed E-state index contributed by atoms with van der Waals surface area (Å²) in [5.74, 6) is 1.12. The molecule has 0 aliphatic rings. The molecule has 1 unspecified atom stereocenters. The quantitative estimate of drug-likeness (QED) is 0.851. The van der Waals surface area contributed by atoms with Gasteiger partial charge >= 0.3 is 0 Å². The highest BCUT2D eigenvalue weighted by atomic mass is 16.5. The lowest BCUT2D eigenvalue weighted by molar-refractivity contribution is -0.0103. The first kappa shape index (κ1) is 16.0. The van der Waals surface area contributed by atoms with Crippen LogP contribution in [0.4, 0.5) is 0 Å². The third kappa shape index (κ3) is 3.27. The number of aromatic nitrogens is 2. The van der Waals surface area contributed by atoms with E-state index in [1.165, 1.54) is 5.52 Å². The van der Waals surface area contributed by atoms with E-state index in [0.717, 1.165) is 30.9 Å². The Balaban J connectivity index is 2.36. The Kier molecular flexibility index (Phi) is 5.01. The summed E-state index contributed by atoms with van der Waals surface area (Å²) in [6.07, 6.45) is 0.858. The van der Waals surface area contributed by atoms with Crippen molar-refractivity contribution in [2.75, 3.05) is 13.7 Å². The van der Waals surface area contributed by atoms with Crippen LogP contribution in [-0.4, -0.2) is 34.8 Å². The standard InChI is InChI=1S/C17H27N3O/c1-6-18-15(17(3,4)21-5)12-16-19-13-10-8-9-11-14(13)20(16)7-2/h8-11,15,18H,6-7,12H2,1-5H3. The number of imidazole rings is 1. The normalized spacial score (nSPS) is 13.8. The smallest absolute Gasteiger partial charge is 0.111 e. The van der Waals surface area contributed by atoms with Crippen molar-refractivity contribution in [2.24, 2.45) is 0 Å². The van der Waals surface area contributed by atoms with Gasteiger partial charge in [-0.05, 0) is 39.4 Å². The number of hydrogen-bond donors (Lipinski definition) is 1. The molecule has 0 bridgehead atoms. The van der Waals surface area contributed by atoms with E-state index in [9.17, 15) is 0 Å². The van der Waals surface area contributed by atoms with Crippen LogP contribution in [-0.2, 0) is 17.7 Å². The van der Waals surface area contributed by atoms with Crippen molar-refractivity contribution >= 4 is 11.0 Å². The van der Waals surface area contributed by atoms with Gasteiger partial charge in [0.25, 0.3) is 0 Å². The number of rotatable bonds is 7. The summed E-state index contributed by atoms with van der Waals surface area (Å²) < 4.78 is 7.97. The van der Waals surface area contributed by atoms with Crippen LogP contribution in [0.1, 0.15) is 33.5 Å². The van der Waals surface area contributed by atoms with Crippen molar-refractivity contribution in [1.82, 2.24) is 14.9 Å². The maximum atomic E-state index is 5.67. The van der Waals surface area contributed by atoms with Gasteiger partial charge in [-0.25, -0.2) is 4.98 Å². The van der Waals surface area contributed by atoms with Gasteiger partial charge in [-0.2, -0.15) is 0 Å². The Hall–Kier alpha value is -1.39. The van der Waals surface area contributed by atoms with E-state index in [4.69, 9.17) is 9.72 Å². The van der Waals surface area contributed by atoms with Crippen LogP contribution < -0.4 is 5.32 Å². The molecule has 0 aliphatic heterocycles. The SMILES string of the molecule is CCNC(Cc1nc2ccccc2n1CC)C(C)(C)OC. The zero-order valence-electron chi connectivity index (χ0n) is 13.8. The average molecular weight is 289 g/mol. The number of hydrogen-bond acceptors (Lipinski definition) is 3. The molecular formula is C17H27N3O. The van der Waals surface area contributed by atoms with Crippen LogP contribution in [0, 0.1) is 0 Å². The number of likely N-dealkylation sites (N-methyl/N-ethyl adjacent to an activating group) is 1. The first-order chi connectivity index (χ1) is 10.0. The molecule has 0 aliphatic carbocycles. The van der Waals surface area contributed by atoms with Crippen molar-refractivity contribution in [1.29, 1.82) is 0 Å². The lowest BCUT2D eigenvalue weighted by Crippen LogP contribution is -2.49. The number of ether oxygens (including phenoxy) is 1. The molecule has 2 rings (SSSR count). The van der Waals surface area contributed by atoms with E-state index in [2.05, 4.69) is 55.8 Å². The molecule has 1 aromatic heterocycles. The first-order valence-corrected chi connectivity index (χ1v) is 7.76. The van der Waals surface area contributed by atoms with Crippen LogP contribution in [0.15, 0.2) is 24.3 Å². The summed E-state index contributed by atoms with van der Waals surface area (Å²) in [7, 11) is 1.77. The Morgan fingerprint density at radius 1 is 1.29 bits per heavy atom. The van der Waals surface area contributed by atoms with Crippen molar-refractivity contribution in [3.05, 3.63) is 30.1 Å². The Labute approximate surface area is 127 Å². The fraction of sp³-hybridized carbons (Fsp3) is 0.588. The molecule has 1 heterocycles. The predicted octanol–water partition coefficient (Wildman–Crippen LogP) is 3.00. The van der Waals surface area contributed by atoms with Crippen LogP contribution in [0.3, 0.4) is 0 Å².